The van der Waals surface area contributed by atoms with Gasteiger partial charge in [0.2, 0.25) is 5.91 Å². The summed E-state index contributed by atoms with van der Waals surface area (Å²) in [5, 5.41) is 8.79. The number of amides is 1. The van der Waals surface area contributed by atoms with E-state index in [0.717, 1.165) is 38.6 Å². The summed E-state index contributed by atoms with van der Waals surface area (Å²) >= 11 is 1.78. The molecule has 0 saturated carbocycles. The Hall–Kier alpha value is -0.620. The van der Waals surface area contributed by atoms with Crippen molar-refractivity contribution < 1.29 is 9.53 Å². The van der Waals surface area contributed by atoms with Crippen molar-refractivity contribution >= 4 is 29.7 Å². The minimum atomic E-state index is -0.0729. The molecule has 1 aliphatic carbocycles. The molecule has 3 rings (SSSR count). The lowest BCUT2D eigenvalue weighted by atomic mass is 9.87. The SMILES string of the molecule is COCC1(CNC(=O)C2CCCc3sccc32)CCCN1.Cl. The topological polar surface area (TPSA) is 50.4 Å². The van der Waals surface area contributed by atoms with E-state index in [1.807, 2.05) is 0 Å². The zero-order valence-corrected chi connectivity index (χ0v) is 14.7. The average Bonchev–Trinajstić information content (AvgIpc) is 3.14. The number of thiophene rings is 1. The molecule has 2 atom stereocenters. The summed E-state index contributed by atoms with van der Waals surface area (Å²) in [7, 11) is 1.72. The smallest absolute Gasteiger partial charge is 0.227 e. The molecule has 1 amide bonds. The highest BCUT2D eigenvalue weighted by atomic mass is 35.5. The first-order chi connectivity index (χ1) is 10.2. The zero-order valence-electron chi connectivity index (χ0n) is 13.0. The minimum Gasteiger partial charge on any atom is -0.383 e. The van der Waals surface area contributed by atoms with E-state index in [1.165, 1.54) is 10.4 Å². The minimum absolute atomic E-state index is 0. The fourth-order valence-corrected chi connectivity index (χ4v) is 4.60. The molecule has 2 heterocycles. The summed E-state index contributed by atoms with van der Waals surface area (Å²) < 4.78 is 5.34. The third kappa shape index (κ3) is 3.65. The highest BCUT2D eigenvalue weighted by Gasteiger charge is 2.35. The van der Waals surface area contributed by atoms with E-state index in [-0.39, 0.29) is 29.8 Å². The van der Waals surface area contributed by atoms with Crippen LogP contribution in [0.5, 0.6) is 0 Å². The van der Waals surface area contributed by atoms with Crippen LogP contribution >= 0.6 is 23.7 Å². The Kier molecular flexibility index (Phi) is 6.26. The highest BCUT2D eigenvalue weighted by Crippen LogP contribution is 2.35. The summed E-state index contributed by atoms with van der Waals surface area (Å²) in [4.78, 5) is 14.0. The van der Waals surface area contributed by atoms with E-state index >= 15 is 0 Å². The Morgan fingerprint density at radius 2 is 2.41 bits per heavy atom. The van der Waals surface area contributed by atoms with Crippen LogP contribution < -0.4 is 10.6 Å². The highest BCUT2D eigenvalue weighted by molar-refractivity contribution is 7.10. The first-order valence-corrected chi connectivity index (χ1v) is 8.70. The second-order valence-corrected chi connectivity index (χ2v) is 7.21. The predicted octanol–water partition coefficient (Wildman–Crippen LogP) is 2.47. The van der Waals surface area contributed by atoms with Crippen molar-refractivity contribution in [1.82, 2.24) is 10.6 Å². The van der Waals surface area contributed by atoms with Crippen LogP contribution in [-0.2, 0) is 16.0 Å². The Labute approximate surface area is 142 Å². The normalized spacial score (nSPS) is 27.0. The molecule has 1 aliphatic heterocycles. The van der Waals surface area contributed by atoms with Crippen LogP contribution in [-0.4, -0.2) is 38.3 Å². The van der Waals surface area contributed by atoms with Gasteiger partial charge < -0.3 is 15.4 Å². The van der Waals surface area contributed by atoms with Gasteiger partial charge in [0.25, 0.3) is 0 Å². The Morgan fingerprint density at radius 1 is 1.55 bits per heavy atom. The van der Waals surface area contributed by atoms with Crippen molar-refractivity contribution in [3.8, 4) is 0 Å². The standard InChI is InChI=1S/C16H24N2O2S.ClH/c1-20-11-16(7-3-8-18-16)10-17-15(19)13-4-2-5-14-12(13)6-9-21-14;/h6,9,13,18H,2-5,7-8,10-11H2,1H3,(H,17,19);1H. The summed E-state index contributed by atoms with van der Waals surface area (Å²) in [5.41, 5.74) is 1.18. The van der Waals surface area contributed by atoms with Crippen molar-refractivity contribution in [3.05, 3.63) is 21.9 Å². The maximum absolute atomic E-state index is 12.6. The number of carbonyl (C=O) groups is 1. The van der Waals surface area contributed by atoms with E-state index in [1.54, 1.807) is 18.4 Å². The molecule has 22 heavy (non-hydrogen) atoms. The number of ether oxygens (including phenoxy) is 1. The molecular weight excluding hydrogens is 320 g/mol. The Morgan fingerprint density at radius 3 is 3.14 bits per heavy atom. The quantitative estimate of drug-likeness (QED) is 0.862. The van der Waals surface area contributed by atoms with Gasteiger partial charge in [-0.2, -0.15) is 0 Å². The Balaban J connectivity index is 0.00000176. The van der Waals surface area contributed by atoms with Crippen LogP contribution in [0.3, 0.4) is 0 Å². The molecule has 4 nitrogen and oxygen atoms in total. The summed E-state index contributed by atoms with van der Waals surface area (Å²) in [6.45, 7) is 2.33. The van der Waals surface area contributed by atoms with Gasteiger partial charge in [0.15, 0.2) is 0 Å². The lowest BCUT2D eigenvalue weighted by molar-refractivity contribution is -0.123. The molecule has 6 heteroatoms. The molecule has 0 radical (unpaired) electrons. The number of rotatable bonds is 5. The van der Waals surface area contributed by atoms with E-state index < -0.39 is 0 Å². The molecule has 2 unspecified atom stereocenters. The van der Waals surface area contributed by atoms with Crippen LogP contribution in [0.1, 0.15) is 42.0 Å². The molecule has 1 fully saturated rings. The van der Waals surface area contributed by atoms with Crippen LogP contribution in [0, 0.1) is 0 Å². The molecule has 2 N–H and O–H groups in total. The van der Waals surface area contributed by atoms with E-state index in [4.69, 9.17) is 4.74 Å². The molecule has 1 aromatic heterocycles. The van der Waals surface area contributed by atoms with Gasteiger partial charge in [0.1, 0.15) is 0 Å². The second-order valence-electron chi connectivity index (χ2n) is 6.21. The van der Waals surface area contributed by atoms with Crippen LogP contribution in [0.15, 0.2) is 11.4 Å². The van der Waals surface area contributed by atoms with Crippen LogP contribution in [0.4, 0.5) is 0 Å². The van der Waals surface area contributed by atoms with Gasteiger partial charge in [-0.25, -0.2) is 0 Å². The van der Waals surface area contributed by atoms with Gasteiger partial charge >= 0.3 is 0 Å². The number of hydrogen-bond donors (Lipinski definition) is 2. The van der Waals surface area contributed by atoms with E-state index in [9.17, 15) is 4.79 Å². The zero-order chi connectivity index (χ0) is 14.7. The number of methoxy groups -OCH3 is 1. The molecule has 2 aliphatic rings. The average molecular weight is 345 g/mol. The van der Waals surface area contributed by atoms with Gasteiger partial charge in [0.05, 0.1) is 18.1 Å². The molecule has 0 spiro atoms. The molecular formula is C16H25ClN2O2S. The maximum atomic E-state index is 12.6. The molecule has 1 aromatic rings. The van der Waals surface area contributed by atoms with E-state index in [0.29, 0.717) is 13.2 Å². The second kappa shape index (κ2) is 7.77. The number of fused-ring (bicyclic) bond motifs is 1. The third-order valence-electron chi connectivity index (χ3n) is 4.72. The number of hydrogen-bond acceptors (Lipinski definition) is 4. The van der Waals surface area contributed by atoms with Gasteiger partial charge in [-0.3, -0.25) is 4.79 Å². The van der Waals surface area contributed by atoms with Gasteiger partial charge in [-0.15, -0.1) is 23.7 Å². The lowest BCUT2D eigenvalue weighted by Crippen LogP contribution is -2.53. The van der Waals surface area contributed by atoms with Crippen molar-refractivity contribution in [2.75, 3.05) is 26.8 Å². The number of carbonyl (C=O) groups excluding carboxylic acids is 1. The monoisotopic (exact) mass is 344 g/mol. The van der Waals surface area contributed by atoms with Gasteiger partial charge in [-0.05, 0) is 55.7 Å². The molecule has 0 bridgehead atoms. The van der Waals surface area contributed by atoms with Crippen LogP contribution in [0.2, 0.25) is 0 Å². The lowest BCUT2D eigenvalue weighted by Gasteiger charge is -2.30. The van der Waals surface area contributed by atoms with Crippen molar-refractivity contribution in [2.24, 2.45) is 0 Å². The van der Waals surface area contributed by atoms with Crippen molar-refractivity contribution in [3.63, 3.8) is 0 Å². The van der Waals surface area contributed by atoms with Gasteiger partial charge in [0, 0.05) is 18.5 Å². The number of nitrogens with one attached hydrogen (secondary N) is 2. The fraction of sp³-hybridized carbons (Fsp3) is 0.688. The summed E-state index contributed by atoms with van der Waals surface area (Å²) in [5.74, 6) is 0.222. The third-order valence-corrected chi connectivity index (χ3v) is 5.72. The predicted molar refractivity (Wildman–Crippen MR) is 92.1 cm³/mol. The van der Waals surface area contributed by atoms with Gasteiger partial charge in [-0.1, -0.05) is 0 Å². The fourth-order valence-electron chi connectivity index (χ4n) is 3.61. The summed E-state index contributed by atoms with van der Waals surface area (Å²) in [6.07, 6.45) is 5.44. The molecule has 1 saturated heterocycles. The molecule has 124 valence electrons. The maximum Gasteiger partial charge on any atom is 0.227 e. The van der Waals surface area contributed by atoms with Crippen molar-refractivity contribution in [1.29, 1.82) is 0 Å². The number of aryl methyl sites for hydroxylation is 1. The first kappa shape index (κ1) is 17.7. The number of halogens is 1. The van der Waals surface area contributed by atoms with Crippen molar-refractivity contribution in [2.45, 2.75) is 43.6 Å². The molecule has 0 aromatic carbocycles. The largest absolute Gasteiger partial charge is 0.383 e. The summed E-state index contributed by atoms with van der Waals surface area (Å²) in [6, 6.07) is 2.13. The van der Waals surface area contributed by atoms with E-state index in [2.05, 4.69) is 22.1 Å². The van der Waals surface area contributed by atoms with Crippen LogP contribution in [0.25, 0.3) is 0 Å². The Bertz CT molecular complexity index is 500. The first-order valence-electron chi connectivity index (χ1n) is 7.82.